The SMILES string of the molecule is CC(=O)OCC1OC(OC(C)=O)C(NC(=O)OCC(Cl)(Cl)Cl)C(OC(C)=O)C1OC(C)=O. The second-order valence-corrected chi connectivity index (χ2v) is 8.98. The number of alkyl carbamates (subject to hydrolysis) is 1. The second-order valence-electron chi connectivity index (χ2n) is 6.46. The van der Waals surface area contributed by atoms with Crippen LogP contribution in [0, 0.1) is 0 Å². The molecule has 12 nitrogen and oxygen atoms in total. The number of halogens is 3. The minimum Gasteiger partial charge on any atom is -0.463 e. The monoisotopic (exact) mass is 521 g/mol. The minimum atomic E-state index is -1.92. The molecule has 32 heavy (non-hydrogen) atoms. The van der Waals surface area contributed by atoms with Gasteiger partial charge in [0, 0.05) is 27.7 Å². The zero-order valence-electron chi connectivity index (χ0n) is 17.4. The Morgan fingerprint density at radius 2 is 1.34 bits per heavy atom. The van der Waals surface area contributed by atoms with E-state index in [4.69, 9.17) is 63.2 Å². The Bertz CT molecular complexity index is 727. The fourth-order valence-corrected chi connectivity index (χ4v) is 2.81. The molecular weight excluding hydrogens is 501 g/mol. The molecule has 0 radical (unpaired) electrons. The van der Waals surface area contributed by atoms with E-state index in [9.17, 15) is 24.0 Å². The molecule has 1 heterocycles. The largest absolute Gasteiger partial charge is 0.463 e. The summed E-state index contributed by atoms with van der Waals surface area (Å²) in [5.74, 6) is -3.13. The average Bonchev–Trinajstić information content (AvgIpc) is 2.61. The zero-order valence-corrected chi connectivity index (χ0v) is 19.7. The molecule has 0 aromatic rings. The number of hydrogen-bond acceptors (Lipinski definition) is 11. The van der Waals surface area contributed by atoms with Gasteiger partial charge >= 0.3 is 30.0 Å². The second kappa shape index (κ2) is 12.3. The normalized spacial score (nSPS) is 25.2. The summed E-state index contributed by atoms with van der Waals surface area (Å²) in [6.07, 6.45) is -6.77. The van der Waals surface area contributed by atoms with Crippen LogP contribution in [-0.4, -0.2) is 77.6 Å². The van der Waals surface area contributed by atoms with E-state index in [1.807, 2.05) is 0 Å². The number of esters is 4. The summed E-state index contributed by atoms with van der Waals surface area (Å²) in [6, 6.07) is -1.43. The van der Waals surface area contributed by atoms with E-state index in [0.29, 0.717) is 0 Å². The molecule has 0 aromatic carbocycles. The highest BCUT2D eigenvalue weighted by Crippen LogP contribution is 2.29. The maximum absolute atomic E-state index is 12.2. The van der Waals surface area contributed by atoms with Crippen molar-refractivity contribution in [1.82, 2.24) is 5.32 Å². The van der Waals surface area contributed by atoms with Crippen molar-refractivity contribution in [3.63, 3.8) is 0 Å². The van der Waals surface area contributed by atoms with Gasteiger partial charge in [0.2, 0.25) is 10.1 Å². The van der Waals surface area contributed by atoms with Crippen molar-refractivity contribution in [2.24, 2.45) is 0 Å². The molecule has 15 heteroatoms. The summed E-state index contributed by atoms with van der Waals surface area (Å²) in [4.78, 5) is 58.4. The fraction of sp³-hybridized carbons (Fsp3) is 0.706. The molecule has 0 aliphatic carbocycles. The van der Waals surface area contributed by atoms with Gasteiger partial charge in [0.15, 0.2) is 12.2 Å². The predicted octanol–water partition coefficient (Wildman–Crippen LogP) is 1.17. The number of nitrogens with one attached hydrogen (secondary N) is 1. The molecule has 0 aromatic heterocycles. The van der Waals surface area contributed by atoms with Crippen molar-refractivity contribution in [2.45, 2.75) is 62.1 Å². The zero-order chi connectivity index (χ0) is 24.6. The summed E-state index contributed by atoms with van der Waals surface area (Å²) in [5, 5.41) is 2.28. The van der Waals surface area contributed by atoms with Crippen LogP contribution in [0.2, 0.25) is 0 Å². The maximum Gasteiger partial charge on any atom is 0.407 e. The topological polar surface area (TPSA) is 153 Å². The minimum absolute atomic E-state index is 0.451. The summed E-state index contributed by atoms with van der Waals surface area (Å²) in [6.45, 7) is 3.22. The third-order valence-corrected chi connectivity index (χ3v) is 3.96. The predicted molar refractivity (Wildman–Crippen MR) is 107 cm³/mol. The van der Waals surface area contributed by atoms with E-state index >= 15 is 0 Å². The summed E-state index contributed by atoms with van der Waals surface area (Å²) < 4.78 is 28.9. The number of rotatable bonds is 7. The lowest BCUT2D eigenvalue weighted by atomic mass is 9.96. The van der Waals surface area contributed by atoms with Gasteiger partial charge in [-0.15, -0.1) is 0 Å². The summed E-state index contributed by atoms with van der Waals surface area (Å²) in [5.41, 5.74) is 0. The van der Waals surface area contributed by atoms with Crippen molar-refractivity contribution in [2.75, 3.05) is 13.2 Å². The molecule has 0 saturated carbocycles. The standard InChI is InChI=1S/C17H22Cl3NO11/c1-7(22)27-5-11-13(29-8(2)23)14(30-9(3)24)12(15(32-11)31-10(4)25)21-16(26)28-6-17(18,19)20/h11-15H,5-6H2,1-4H3,(H,21,26). The van der Waals surface area contributed by atoms with Crippen LogP contribution in [0.15, 0.2) is 0 Å². The van der Waals surface area contributed by atoms with Crippen LogP contribution in [0.25, 0.3) is 0 Å². The maximum atomic E-state index is 12.2. The first-order chi connectivity index (χ1) is 14.7. The Balaban J connectivity index is 3.28. The van der Waals surface area contributed by atoms with Crippen LogP contribution in [0.3, 0.4) is 0 Å². The van der Waals surface area contributed by atoms with Crippen LogP contribution < -0.4 is 5.32 Å². The van der Waals surface area contributed by atoms with Gasteiger partial charge in [-0.3, -0.25) is 19.2 Å². The number of alkyl halides is 3. The molecular formula is C17H22Cl3NO11. The van der Waals surface area contributed by atoms with Crippen LogP contribution in [0.5, 0.6) is 0 Å². The van der Waals surface area contributed by atoms with Gasteiger partial charge in [0.05, 0.1) is 0 Å². The summed E-state index contributed by atoms with van der Waals surface area (Å²) >= 11 is 16.6. The van der Waals surface area contributed by atoms with Crippen molar-refractivity contribution >= 4 is 64.8 Å². The molecule has 0 spiro atoms. The molecule has 1 saturated heterocycles. The van der Waals surface area contributed by atoms with Crippen molar-refractivity contribution in [1.29, 1.82) is 0 Å². The van der Waals surface area contributed by atoms with Gasteiger partial charge in [-0.25, -0.2) is 4.79 Å². The van der Waals surface area contributed by atoms with Crippen LogP contribution >= 0.6 is 34.8 Å². The van der Waals surface area contributed by atoms with Crippen molar-refractivity contribution < 1.29 is 52.4 Å². The molecule has 0 bridgehead atoms. The molecule has 1 amide bonds. The number of hydrogen-bond donors (Lipinski definition) is 1. The van der Waals surface area contributed by atoms with Gasteiger partial charge in [-0.1, -0.05) is 34.8 Å². The molecule has 1 rings (SSSR count). The van der Waals surface area contributed by atoms with Gasteiger partial charge in [-0.05, 0) is 0 Å². The van der Waals surface area contributed by atoms with E-state index < -0.39 is 77.6 Å². The number of carbonyl (C=O) groups is 5. The molecule has 182 valence electrons. The third kappa shape index (κ3) is 10.1. The van der Waals surface area contributed by atoms with Crippen LogP contribution in [0.4, 0.5) is 4.79 Å². The molecule has 1 aliphatic heterocycles. The van der Waals surface area contributed by atoms with Crippen molar-refractivity contribution in [3.05, 3.63) is 0 Å². The lowest BCUT2D eigenvalue weighted by molar-refractivity contribution is -0.270. The molecule has 1 aliphatic rings. The van der Waals surface area contributed by atoms with E-state index in [1.165, 1.54) is 0 Å². The van der Waals surface area contributed by atoms with Gasteiger partial charge in [0.25, 0.3) is 0 Å². The number of carbonyl (C=O) groups excluding carboxylic acids is 5. The van der Waals surface area contributed by atoms with E-state index in [0.717, 1.165) is 27.7 Å². The van der Waals surface area contributed by atoms with Crippen LogP contribution in [0.1, 0.15) is 27.7 Å². The molecule has 1 N–H and O–H groups in total. The Morgan fingerprint density at radius 3 is 1.81 bits per heavy atom. The third-order valence-electron chi connectivity index (χ3n) is 3.63. The first kappa shape index (κ1) is 28.0. The molecule has 1 fully saturated rings. The van der Waals surface area contributed by atoms with E-state index in [2.05, 4.69) is 5.32 Å². The first-order valence-electron chi connectivity index (χ1n) is 9.00. The Labute approximate surface area is 198 Å². The number of ether oxygens (including phenoxy) is 6. The lowest BCUT2D eigenvalue weighted by Crippen LogP contribution is -2.67. The van der Waals surface area contributed by atoms with Crippen LogP contribution in [-0.2, 0) is 47.6 Å². The molecule has 5 atom stereocenters. The quantitative estimate of drug-likeness (QED) is 0.291. The van der Waals surface area contributed by atoms with Crippen molar-refractivity contribution in [3.8, 4) is 0 Å². The Kier molecular flexibility index (Phi) is 10.8. The van der Waals surface area contributed by atoms with Gasteiger partial charge in [0.1, 0.15) is 25.4 Å². The van der Waals surface area contributed by atoms with Gasteiger partial charge in [-0.2, -0.15) is 0 Å². The smallest absolute Gasteiger partial charge is 0.407 e. The fourth-order valence-electron chi connectivity index (χ4n) is 2.65. The molecule has 5 unspecified atom stereocenters. The van der Waals surface area contributed by atoms with E-state index in [-0.39, 0.29) is 0 Å². The lowest BCUT2D eigenvalue weighted by Gasteiger charge is -2.44. The van der Waals surface area contributed by atoms with Gasteiger partial charge < -0.3 is 33.7 Å². The highest BCUT2D eigenvalue weighted by Gasteiger charge is 2.52. The first-order valence-corrected chi connectivity index (χ1v) is 10.1. The van der Waals surface area contributed by atoms with E-state index in [1.54, 1.807) is 0 Å². The Morgan fingerprint density at radius 1 is 0.812 bits per heavy atom. The number of amides is 1. The summed E-state index contributed by atoms with van der Waals surface area (Å²) in [7, 11) is 0. The Hall–Kier alpha value is -2.02. The highest BCUT2D eigenvalue weighted by molar-refractivity contribution is 6.67. The average molecular weight is 523 g/mol. The highest BCUT2D eigenvalue weighted by atomic mass is 35.6.